The maximum atomic E-state index is 12.0. The van der Waals surface area contributed by atoms with E-state index in [-0.39, 0.29) is 0 Å². The third-order valence-corrected chi connectivity index (χ3v) is 2.41. The van der Waals surface area contributed by atoms with E-state index in [1.54, 1.807) is 0 Å². The van der Waals surface area contributed by atoms with Gasteiger partial charge < -0.3 is 19.8 Å². The maximum absolute atomic E-state index is 12.0. The summed E-state index contributed by atoms with van der Waals surface area (Å²) in [6, 6.07) is 0. The van der Waals surface area contributed by atoms with Crippen molar-refractivity contribution in [1.29, 1.82) is 0 Å². The molecule has 0 saturated heterocycles. The second-order valence-electron chi connectivity index (χ2n) is 3.57. The summed E-state index contributed by atoms with van der Waals surface area (Å²) < 4.78 is 36.0. The van der Waals surface area contributed by atoms with Crippen molar-refractivity contribution in [1.82, 2.24) is 0 Å². The molecule has 0 aliphatic carbocycles. The fourth-order valence-electron chi connectivity index (χ4n) is 1.29. The Bertz CT molecular complexity index is 336. The molecule has 1 unspecified atom stereocenters. The fourth-order valence-corrected chi connectivity index (χ4v) is 1.29. The van der Waals surface area contributed by atoms with E-state index in [4.69, 9.17) is 0 Å². The molecule has 0 aromatic carbocycles. The number of rotatable bonds is 6. The van der Waals surface area contributed by atoms with Gasteiger partial charge in [0.25, 0.3) is 0 Å². The molecule has 0 radical (unpaired) electrons. The van der Waals surface area contributed by atoms with Crippen LogP contribution in [0.2, 0.25) is 0 Å². The summed E-state index contributed by atoms with van der Waals surface area (Å²) in [4.78, 5) is 31.7. The monoisotopic (exact) mass is 254 g/mol. The molecule has 0 N–H and O–H groups in total. The number of carboxylic acid groups (broad SMARTS) is 2. The Morgan fingerprint density at radius 2 is 1.53 bits per heavy atom. The van der Waals surface area contributed by atoms with Crippen LogP contribution in [0.15, 0.2) is 0 Å². The number of ketones is 1. The second kappa shape index (κ2) is 5.15. The van der Waals surface area contributed by atoms with E-state index in [9.17, 15) is 37.8 Å². The fraction of sp³-hybridized carbons (Fsp3) is 0.667. The Kier molecular flexibility index (Phi) is 4.67. The lowest BCUT2D eigenvalue weighted by Crippen LogP contribution is -2.48. The first-order valence-corrected chi connectivity index (χ1v) is 4.56. The summed E-state index contributed by atoms with van der Waals surface area (Å²) >= 11 is 0. The number of carbonyl (C=O) groups is 3. The highest BCUT2D eigenvalue weighted by atomic mass is 19.4. The molecular weight excluding hydrogens is 245 g/mol. The first-order valence-electron chi connectivity index (χ1n) is 4.56. The van der Waals surface area contributed by atoms with Gasteiger partial charge in [-0.25, -0.2) is 0 Å². The number of hydrogen-bond acceptors (Lipinski definition) is 5. The van der Waals surface area contributed by atoms with Gasteiger partial charge in [-0.1, -0.05) is 6.92 Å². The molecule has 5 nitrogen and oxygen atoms in total. The molecule has 0 fully saturated rings. The van der Waals surface area contributed by atoms with Gasteiger partial charge >= 0.3 is 6.18 Å². The van der Waals surface area contributed by atoms with Crippen LogP contribution in [-0.4, -0.2) is 23.9 Å². The predicted octanol–water partition coefficient (Wildman–Crippen LogP) is -1.21. The molecule has 98 valence electrons. The first-order chi connectivity index (χ1) is 7.55. The van der Waals surface area contributed by atoms with Crippen LogP contribution in [0.25, 0.3) is 0 Å². The lowest BCUT2D eigenvalue weighted by Gasteiger charge is -2.33. The minimum atomic E-state index is -5.21. The predicted molar refractivity (Wildman–Crippen MR) is 43.0 cm³/mol. The van der Waals surface area contributed by atoms with E-state index >= 15 is 0 Å². The highest BCUT2D eigenvalue weighted by Crippen LogP contribution is 2.33. The smallest absolute Gasteiger partial charge is 0.450 e. The zero-order chi connectivity index (χ0) is 13.9. The average molecular weight is 254 g/mol. The summed E-state index contributed by atoms with van der Waals surface area (Å²) in [5, 5.41) is 21.0. The molecular formula is C9H9F3O5-2. The summed E-state index contributed by atoms with van der Waals surface area (Å²) in [5.74, 6) is -6.17. The molecule has 8 heteroatoms. The lowest BCUT2D eigenvalue weighted by atomic mass is 9.77. The molecule has 0 aromatic rings. The SMILES string of the molecule is CCC(CC(=O)[O-])(CC(=O)C(F)(F)F)C(=O)[O-]. The largest absolute Gasteiger partial charge is 0.550 e. The van der Waals surface area contributed by atoms with E-state index in [2.05, 4.69) is 0 Å². The van der Waals surface area contributed by atoms with Crippen LogP contribution < -0.4 is 10.2 Å². The molecule has 0 spiro atoms. The van der Waals surface area contributed by atoms with Gasteiger partial charge in [0, 0.05) is 23.8 Å². The number of carboxylic acids is 2. The zero-order valence-electron chi connectivity index (χ0n) is 8.80. The molecule has 17 heavy (non-hydrogen) atoms. The normalized spacial score (nSPS) is 15.1. The molecule has 0 bridgehead atoms. The molecule has 1 atom stereocenters. The Hall–Kier alpha value is -1.60. The highest BCUT2D eigenvalue weighted by Gasteiger charge is 2.44. The minimum absolute atomic E-state index is 0.481. The standard InChI is InChI=1S/C9H11F3O5/c1-2-8(7(16)17,4-6(14)15)3-5(13)9(10,11)12/h2-4H2,1H3,(H,14,15)(H,16,17)/p-2. The number of Topliss-reactive ketones (excluding diaryl/α,β-unsaturated/α-hetero) is 1. The number of aliphatic carboxylic acids is 2. The summed E-state index contributed by atoms with van der Waals surface area (Å²) in [6.45, 7) is 1.16. The van der Waals surface area contributed by atoms with Crippen molar-refractivity contribution in [2.75, 3.05) is 0 Å². The van der Waals surface area contributed by atoms with Crippen LogP contribution in [0.5, 0.6) is 0 Å². The third kappa shape index (κ3) is 4.04. The molecule has 0 heterocycles. The zero-order valence-corrected chi connectivity index (χ0v) is 8.80. The van der Waals surface area contributed by atoms with E-state index < -0.39 is 48.6 Å². The van der Waals surface area contributed by atoms with Gasteiger partial charge in [-0.2, -0.15) is 13.2 Å². The Morgan fingerprint density at radius 1 is 1.06 bits per heavy atom. The third-order valence-electron chi connectivity index (χ3n) is 2.41. The average Bonchev–Trinajstić information content (AvgIpc) is 2.13. The van der Waals surface area contributed by atoms with E-state index in [1.807, 2.05) is 0 Å². The van der Waals surface area contributed by atoms with Crippen molar-refractivity contribution in [3.63, 3.8) is 0 Å². The summed E-state index contributed by atoms with van der Waals surface area (Å²) in [7, 11) is 0. The van der Waals surface area contributed by atoms with Gasteiger partial charge in [0.2, 0.25) is 5.78 Å². The van der Waals surface area contributed by atoms with Gasteiger partial charge in [0.1, 0.15) is 0 Å². The highest BCUT2D eigenvalue weighted by molar-refractivity contribution is 5.90. The van der Waals surface area contributed by atoms with E-state index in [1.165, 1.54) is 0 Å². The quantitative estimate of drug-likeness (QED) is 0.592. The molecule has 0 aliphatic rings. The van der Waals surface area contributed by atoms with Crippen molar-refractivity contribution in [3.05, 3.63) is 0 Å². The van der Waals surface area contributed by atoms with Gasteiger partial charge in [0.05, 0.1) is 0 Å². The molecule has 0 rings (SSSR count). The van der Waals surface area contributed by atoms with Crippen molar-refractivity contribution >= 4 is 17.7 Å². The topological polar surface area (TPSA) is 97.3 Å². The van der Waals surface area contributed by atoms with Gasteiger partial charge in [-0.15, -0.1) is 0 Å². The Morgan fingerprint density at radius 3 is 1.76 bits per heavy atom. The molecule has 0 amide bonds. The summed E-state index contributed by atoms with van der Waals surface area (Å²) in [6.07, 6.45) is -8.36. The van der Waals surface area contributed by atoms with Crippen LogP contribution in [0.1, 0.15) is 26.2 Å². The van der Waals surface area contributed by atoms with Crippen LogP contribution in [0.4, 0.5) is 13.2 Å². The number of hydrogen-bond donors (Lipinski definition) is 0. The van der Waals surface area contributed by atoms with E-state index in [0.717, 1.165) is 6.92 Å². The maximum Gasteiger partial charge on any atom is 0.450 e. The van der Waals surface area contributed by atoms with E-state index in [0.29, 0.717) is 0 Å². The first kappa shape index (κ1) is 15.4. The van der Waals surface area contributed by atoms with Crippen LogP contribution in [-0.2, 0) is 14.4 Å². The molecule has 0 saturated carbocycles. The summed E-state index contributed by atoms with van der Waals surface area (Å²) in [5.41, 5.74) is -2.38. The van der Waals surface area contributed by atoms with Gasteiger partial charge in [0.15, 0.2) is 0 Å². The number of alkyl halides is 3. The molecule has 0 aromatic heterocycles. The number of carbonyl (C=O) groups excluding carboxylic acids is 3. The Labute approximate surface area is 94.2 Å². The second-order valence-corrected chi connectivity index (χ2v) is 3.57. The minimum Gasteiger partial charge on any atom is -0.550 e. The lowest BCUT2D eigenvalue weighted by molar-refractivity contribution is -0.329. The molecule has 0 aliphatic heterocycles. The van der Waals surface area contributed by atoms with Crippen molar-refractivity contribution in [2.24, 2.45) is 5.41 Å². The van der Waals surface area contributed by atoms with Gasteiger partial charge in [-0.05, 0) is 12.8 Å². The van der Waals surface area contributed by atoms with Crippen LogP contribution in [0.3, 0.4) is 0 Å². The number of halogens is 3. The Balaban J connectivity index is 5.13. The van der Waals surface area contributed by atoms with Crippen molar-refractivity contribution in [2.45, 2.75) is 32.4 Å². The van der Waals surface area contributed by atoms with Crippen LogP contribution >= 0.6 is 0 Å². The van der Waals surface area contributed by atoms with Crippen molar-refractivity contribution < 1.29 is 37.8 Å². The van der Waals surface area contributed by atoms with Crippen molar-refractivity contribution in [3.8, 4) is 0 Å². The van der Waals surface area contributed by atoms with Gasteiger partial charge in [-0.3, -0.25) is 4.79 Å². The van der Waals surface area contributed by atoms with Crippen LogP contribution in [0, 0.1) is 5.41 Å².